The van der Waals surface area contributed by atoms with Crippen molar-refractivity contribution in [1.82, 2.24) is 19.9 Å². The van der Waals surface area contributed by atoms with E-state index in [1.807, 2.05) is 42.5 Å². The van der Waals surface area contributed by atoms with Crippen molar-refractivity contribution in [1.29, 1.82) is 0 Å². The number of rotatable bonds is 5. The van der Waals surface area contributed by atoms with Crippen LogP contribution in [0.5, 0.6) is 0 Å². The van der Waals surface area contributed by atoms with Crippen LogP contribution in [-0.2, 0) is 0 Å². The molecule has 52 heavy (non-hydrogen) atoms. The summed E-state index contributed by atoms with van der Waals surface area (Å²) >= 11 is 0. The van der Waals surface area contributed by atoms with E-state index in [1.165, 1.54) is 60.0 Å². The van der Waals surface area contributed by atoms with Crippen molar-refractivity contribution in [2.45, 2.75) is 0 Å². The molecule has 0 saturated heterocycles. The maximum atomic E-state index is 5.13. The van der Waals surface area contributed by atoms with Crippen LogP contribution in [0.15, 0.2) is 182 Å². The molecule has 10 aromatic rings. The van der Waals surface area contributed by atoms with E-state index in [-0.39, 0.29) is 0 Å². The lowest BCUT2D eigenvalue weighted by Gasteiger charge is -2.19. The monoisotopic (exact) mass is 662 g/mol. The van der Waals surface area contributed by atoms with Crippen LogP contribution < -0.4 is 0 Å². The molecule has 0 saturated carbocycles. The van der Waals surface area contributed by atoms with Gasteiger partial charge in [0.2, 0.25) is 0 Å². The predicted octanol–water partition coefficient (Wildman–Crippen LogP) is 12.2. The standard InChI is InChI=1S/C48H30N4/c1-3-13-33-27-36(21-19-31(33)11-1)46-38-15-5-6-16-39(38)47(37-22-20-32-12-2-4-14-34(32)28-37)41-29-35(23-24-40(41)46)44-30-45(42-17-7-9-25-49-42)52-48(51-44)43-18-8-10-26-50-43/h1-30H. The van der Waals surface area contributed by atoms with Gasteiger partial charge in [-0.15, -0.1) is 0 Å². The summed E-state index contributed by atoms with van der Waals surface area (Å²) in [7, 11) is 0. The quantitative estimate of drug-likeness (QED) is 0.172. The van der Waals surface area contributed by atoms with Crippen LogP contribution in [0.2, 0.25) is 0 Å². The number of hydrogen-bond acceptors (Lipinski definition) is 4. The molecular weight excluding hydrogens is 633 g/mol. The van der Waals surface area contributed by atoms with Gasteiger partial charge in [0.25, 0.3) is 0 Å². The summed E-state index contributed by atoms with van der Waals surface area (Å²) in [6.45, 7) is 0. The predicted molar refractivity (Wildman–Crippen MR) is 215 cm³/mol. The third kappa shape index (κ3) is 5.17. The Morgan fingerprint density at radius 3 is 1.40 bits per heavy atom. The minimum Gasteiger partial charge on any atom is -0.255 e. The first-order valence-corrected chi connectivity index (χ1v) is 17.5. The topological polar surface area (TPSA) is 51.6 Å². The smallest absolute Gasteiger partial charge is 0.179 e. The summed E-state index contributed by atoms with van der Waals surface area (Å²) in [5.74, 6) is 0.559. The fourth-order valence-electron chi connectivity index (χ4n) is 7.50. The van der Waals surface area contributed by atoms with Gasteiger partial charge in [-0.05, 0) is 114 Å². The second-order valence-corrected chi connectivity index (χ2v) is 13.1. The SMILES string of the molecule is c1ccc(-c2cc(-c3ccc4c(-c5ccc6ccccc6c5)c5ccccc5c(-c5ccc6ccccc6c5)c4c3)nc(-c3ccccn3)n2)nc1. The number of fused-ring (bicyclic) bond motifs is 4. The largest absolute Gasteiger partial charge is 0.255 e. The van der Waals surface area contributed by atoms with Crippen molar-refractivity contribution in [2.24, 2.45) is 0 Å². The molecule has 0 N–H and O–H groups in total. The second-order valence-electron chi connectivity index (χ2n) is 13.1. The van der Waals surface area contributed by atoms with E-state index in [9.17, 15) is 0 Å². The normalized spacial score (nSPS) is 11.5. The van der Waals surface area contributed by atoms with Gasteiger partial charge in [-0.3, -0.25) is 9.97 Å². The number of nitrogens with zero attached hydrogens (tertiary/aromatic N) is 4. The van der Waals surface area contributed by atoms with E-state index >= 15 is 0 Å². The van der Waals surface area contributed by atoms with Crippen molar-refractivity contribution < 1.29 is 0 Å². The minimum absolute atomic E-state index is 0.559. The van der Waals surface area contributed by atoms with Gasteiger partial charge in [0.15, 0.2) is 5.82 Å². The highest BCUT2D eigenvalue weighted by Crippen LogP contribution is 2.45. The second kappa shape index (κ2) is 12.4. The Kier molecular flexibility index (Phi) is 7.10. The minimum atomic E-state index is 0.559. The molecule has 0 amide bonds. The lowest BCUT2D eigenvalue weighted by molar-refractivity contribution is 1.13. The number of hydrogen-bond donors (Lipinski definition) is 0. The molecule has 0 bridgehead atoms. The molecule has 0 aliphatic rings. The van der Waals surface area contributed by atoms with E-state index in [0.29, 0.717) is 11.5 Å². The molecule has 0 radical (unpaired) electrons. The molecule has 242 valence electrons. The molecule has 0 fully saturated rings. The van der Waals surface area contributed by atoms with Crippen molar-refractivity contribution >= 4 is 43.1 Å². The van der Waals surface area contributed by atoms with Crippen molar-refractivity contribution in [3.8, 4) is 56.4 Å². The molecule has 4 heteroatoms. The summed E-state index contributed by atoms with van der Waals surface area (Å²) < 4.78 is 0. The van der Waals surface area contributed by atoms with Crippen LogP contribution in [0.1, 0.15) is 0 Å². The zero-order chi connectivity index (χ0) is 34.4. The Morgan fingerprint density at radius 1 is 0.288 bits per heavy atom. The summed E-state index contributed by atoms with van der Waals surface area (Å²) in [5.41, 5.74) is 8.83. The molecule has 0 spiro atoms. The molecular formula is C48H30N4. The third-order valence-corrected chi connectivity index (χ3v) is 9.94. The van der Waals surface area contributed by atoms with E-state index < -0.39 is 0 Å². The highest BCUT2D eigenvalue weighted by Gasteiger charge is 2.19. The van der Waals surface area contributed by atoms with Crippen LogP contribution >= 0.6 is 0 Å². The Bertz CT molecular complexity index is 2900. The van der Waals surface area contributed by atoms with E-state index in [0.717, 1.165) is 28.0 Å². The molecule has 0 aliphatic heterocycles. The lowest BCUT2D eigenvalue weighted by atomic mass is 9.84. The summed E-state index contributed by atoms with van der Waals surface area (Å²) in [6.07, 6.45) is 3.57. The van der Waals surface area contributed by atoms with Crippen molar-refractivity contribution in [2.75, 3.05) is 0 Å². The summed E-state index contributed by atoms with van der Waals surface area (Å²) in [4.78, 5) is 19.3. The van der Waals surface area contributed by atoms with Crippen LogP contribution in [-0.4, -0.2) is 19.9 Å². The average Bonchev–Trinajstić information content (AvgIpc) is 3.22. The van der Waals surface area contributed by atoms with E-state index in [4.69, 9.17) is 9.97 Å². The highest BCUT2D eigenvalue weighted by atomic mass is 14.9. The first-order chi connectivity index (χ1) is 25.8. The van der Waals surface area contributed by atoms with E-state index in [1.54, 1.807) is 12.4 Å². The summed E-state index contributed by atoms with van der Waals surface area (Å²) in [5, 5.41) is 9.65. The maximum Gasteiger partial charge on any atom is 0.179 e. The van der Waals surface area contributed by atoms with Gasteiger partial charge in [-0.1, -0.05) is 121 Å². The summed E-state index contributed by atoms with van der Waals surface area (Å²) in [6, 6.07) is 60.1. The fourth-order valence-corrected chi connectivity index (χ4v) is 7.50. The number of benzene rings is 7. The molecule has 0 atom stereocenters. The Morgan fingerprint density at radius 2 is 0.788 bits per heavy atom. The Balaban J connectivity index is 1.29. The van der Waals surface area contributed by atoms with Crippen LogP contribution in [0.25, 0.3) is 99.5 Å². The van der Waals surface area contributed by atoms with Gasteiger partial charge in [0.1, 0.15) is 5.69 Å². The zero-order valence-electron chi connectivity index (χ0n) is 28.1. The lowest BCUT2D eigenvalue weighted by Crippen LogP contribution is -1.98. The molecule has 4 nitrogen and oxygen atoms in total. The number of pyridine rings is 2. The van der Waals surface area contributed by atoms with Gasteiger partial charge in [-0.25, -0.2) is 9.97 Å². The molecule has 0 aliphatic carbocycles. The van der Waals surface area contributed by atoms with Gasteiger partial charge in [0.05, 0.1) is 17.1 Å². The van der Waals surface area contributed by atoms with E-state index in [2.05, 4.69) is 137 Å². The zero-order valence-corrected chi connectivity index (χ0v) is 28.1. The fraction of sp³-hybridized carbons (Fsp3) is 0. The van der Waals surface area contributed by atoms with Gasteiger partial charge in [-0.2, -0.15) is 0 Å². The maximum absolute atomic E-state index is 5.13. The average molecular weight is 663 g/mol. The van der Waals surface area contributed by atoms with Crippen LogP contribution in [0, 0.1) is 0 Å². The Labute approximate surface area is 300 Å². The Hall–Kier alpha value is -7.04. The van der Waals surface area contributed by atoms with Crippen molar-refractivity contribution in [3.63, 3.8) is 0 Å². The molecule has 10 rings (SSSR count). The first kappa shape index (κ1) is 29.8. The molecule has 0 unspecified atom stereocenters. The van der Waals surface area contributed by atoms with Crippen LogP contribution in [0.4, 0.5) is 0 Å². The third-order valence-electron chi connectivity index (χ3n) is 9.94. The molecule has 7 aromatic carbocycles. The number of aromatic nitrogens is 4. The highest BCUT2D eigenvalue weighted by molar-refractivity contribution is 6.22. The van der Waals surface area contributed by atoms with Gasteiger partial charge < -0.3 is 0 Å². The molecule has 3 aromatic heterocycles. The molecule has 3 heterocycles. The van der Waals surface area contributed by atoms with Crippen molar-refractivity contribution in [3.05, 3.63) is 182 Å². The van der Waals surface area contributed by atoms with Gasteiger partial charge >= 0.3 is 0 Å². The first-order valence-electron chi connectivity index (χ1n) is 17.5. The van der Waals surface area contributed by atoms with Crippen LogP contribution in [0.3, 0.4) is 0 Å². The van der Waals surface area contributed by atoms with Gasteiger partial charge in [0, 0.05) is 18.0 Å².